The molecule has 0 radical (unpaired) electrons. The summed E-state index contributed by atoms with van der Waals surface area (Å²) in [6.45, 7) is 0. The van der Waals surface area contributed by atoms with Gasteiger partial charge in [0.1, 0.15) is 0 Å². The van der Waals surface area contributed by atoms with Crippen LogP contribution in [0.1, 0.15) is 24.4 Å². The van der Waals surface area contributed by atoms with Crippen molar-refractivity contribution in [1.82, 2.24) is 0 Å². The van der Waals surface area contributed by atoms with E-state index in [1.807, 2.05) is 0 Å². The van der Waals surface area contributed by atoms with Gasteiger partial charge in [0.25, 0.3) is 0 Å². The molecule has 1 atom stereocenters. The summed E-state index contributed by atoms with van der Waals surface area (Å²) in [5.74, 6) is 1.40. The summed E-state index contributed by atoms with van der Waals surface area (Å²) >= 11 is 0. The first-order chi connectivity index (χ1) is 7.67. The number of phenols is 1. The topological polar surface area (TPSA) is 64.7 Å². The van der Waals surface area contributed by atoms with Gasteiger partial charge in [-0.25, -0.2) is 0 Å². The highest BCUT2D eigenvalue weighted by atomic mass is 16.5. The van der Waals surface area contributed by atoms with E-state index in [1.54, 1.807) is 12.1 Å². The van der Waals surface area contributed by atoms with E-state index in [2.05, 4.69) is 0 Å². The second-order valence-electron chi connectivity index (χ2n) is 4.14. The van der Waals surface area contributed by atoms with Gasteiger partial charge in [-0.15, -0.1) is 0 Å². The maximum absolute atomic E-state index is 9.76. The highest BCUT2D eigenvalue weighted by Gasteiger charge is 2.30. The molecule has 4 heteroatoms. The molecule has 1 aliphatic carbocycles. The zero-order valence-corrected chi connectivity index (χ0v) is 9.56. The van der Waals surface area contributed by atoms with Crippen LogP contribution in [0.3, 0.4) is 0 Å². The minimum Gasteiger partial charge on any atom is -0.502 e. The molecule has 0 spiro atoms. The van der Waals surface area contributed by atoms with E-state index in [0.29, 0.717) is 17.4 Å². The summed E-state index contributed by atoms with van der Waals surface area (Å²) in [6.07, 6.45) is 2.35. The standard InChI is InChI=1S/C12H17NO3/c1-15-9-5-8(11(13)7-3-4-7)6-10(16-2)12(9)14/h5-7,11,14H,3-4,13H2,1-2H3/t11-/m1/s1. The second-order valence-corrected chi connectivity index (χ2v) is 4.14. The van der Waals surface area contributed by atoms with Gasteiger partial charge in [0.05, 0.1) is 14.2 Å². The number of rotatable bonds is 4. The van der Waals surface area contributed by atoms with Gasteiger partial charge < -0.3 is 20.3 Å². The van der Waals surface area contributed by atoms with Crippen LogP contribution in [0.25, 0.3) is 0 Å². The molecule has 0 bridgehead atoms. The predicted octanol–water partition coefficient (Wildman–Crippen LogP) is 1.82. The quantitative estimate of drug-likeness (QED) is 0.817. The molecular weight excluding hydrogens is 206 g/mol. The van der Waals surface area contributed by atoms with Crippen molar-refractivity contribution in [3.63, 3.8) is 0 Å². The van der Waals surface area contributed by atoms with Gasteiger partial charge >= 0.3 is 0 Å². The molecule has 3 N–H and O–H groups in total. The number of nitrogens with two attached hydrogens (primary N) is 1. The van der Waals surface area contributed by atoms with Gasteiger partial charge in [-0.3, -0.25) is 0 Å². The molecule has 0 saturated heterocycles. The summed E-state index contributed by atoms with van der Waals surface area (Å²) in [5, 5.41) is 9.76. The number of aromatic hydroxyl groups is 1. The fourth-order valence-corrected chi connectivity index (χ4v) is 1.83. The zero-order valence-electron chi connectivity index (χ0n) is 9.56. The van der Waals surface area contributed by atoms with Crippen molar-refractivity contribution in [3.05, 3.63) is 17.7 Å². The van der Waals surface area contributed by atoms with Crippen LogP contribution >= 0.6 is 0 Å². The van der Waals surface area contributed by atoms with Gasteiger partial charge in [-0.2, -0.15) is 0 Å². The number of hydrogen-bond donors (Lipinski definition) is 2. The third-order valence-corrected chi connectivity index (χ3v) is 3.02. The molecule has 0 heterocycles. The van der Waals surface area contributed by atoms with Gasteiger partial charge in [0.15, 0.2) is 11.5 Å². The molecule has 1 saturated carbocycles. The Morgan fingerprint density at radius 3 is 2.12 bits per heavy atom. The number of methoxy groups -OCH3 is 2. The Morgan fingerprint density at radius 1 is 1.25 bits per heavy atom. The van der Waals surface area contributed by atoms with Crippen LogP contribution < -0.4 is 15.2 Å². The van der Waals surface area contributed by atoms with E-state index >= 15 is 0 Å². The highest BCUT2D eigenvalue weighted by molar-refractivity contribution is 5.53. The van der Waals surface area contributed by atoms with Crippen molar-refractivity contribution in [3.8, 4) is 17.2 Å². The summed E-state index contributed by atoms with van der Waals surface area (Å²) in [6, 6.07) is 3.56. The van der Waals surface area contributed by atoms with E-state index in [1.165, 1.54) is 27.1 Å². The third-order valence-electron chi connectivity index (χ3n) is 3.02. The van der Waals surface area contributed by atoms with E-state index in [9.17, 15) is 5.11 Å². The lowest BCUT2D eigenvalue weighted by molar-refractivity contribution is 0.338. The lowest BCUT2D eigenvalue weighted by atomic mass is 10.0. The largest absolute Gasteiger partial charge is 0.502 e. The fraction of sp³-hybridized carbons (Fsp3) is 0.500. The van der Waals surface area contributed by atoms with Crippen LogP contribution in [0, 0.1) is 5.92 Å². The molecule has 0 aliphatic heterocycles. The Kier molecular flexibility index (Phi) is 2.92. The van der Waals surface area contributed by atoms with Crippen LogP contribution in [0.15, 0.2) is 12.1 Å². The first-order valence-electron chi connectivity index (χ1n) is 5.37. The van der Waals surface area contributed by atoms with Crippen molar-refractivity contribution < 1.29 is 14.6 Å². The van der Waals surface area contributed by atoms with Crippen molar-refractivity contribution in [1.29, 1.82) is 0 Å². The Hall–Kier alpha value is -1.42. The summed E-state index contributed by atoms with van der Waals surface area (Å²) in [5.41, 5.74) is 7.06. The second kappa shape index (κ2) is 4.22. The monoisotopic (exact) mass is 223 g/mol. The van der Waals surface area contributed by atoms with Gasteiger partial charge in [0.2, 0.25) is 5.75 Å². The minimum atomic E-state index is 0.00315. The minimum absolute atomic E-state index is 0.00315. The first kappa shape index (κ1) is 11.1. The first-order valence-corrected chi connectivity index (χ1v) is 5.37. The molecule has 16 heavy (non-hydrogen) atoms. The number of hydrogen-bond acceptors (Lipinski definition) is 4. The molecule has 0 aromatic heterocycles. The normalized spacial score (nSPS) is 16.9. The molecule has 1 aliphatic rings. The number of phenolic OH excluding ortho intramolecular Hbond substituents is 1. The highest BCUT2D eigenvalue weighted by Crippen LogP contribution is 2.44. The van der Waals surface area contributed by atoms with Crippen LogP contribution in [-0.4, -0.2) is 19.3 Å². The van der Waals surface area contributed by atoms with Crippen molar-refractivity contribution >= 4 is 0 Å². The average molecular weight is 223 g/mol. The average Bonchev–Trinajstić information content (AvgIpc) is 3.12. The van der Waals surface area contributed by atoms with Crippen LogP contribution in [0.5, 0.6) is 17.2 Å². The lowest BCUT2D eigenvalue weighted by Gasteiger charge is -2.15. The van der Waals surface area contributed by atoms with Gasteiger partial charge in [0, 0.05) is 6.04 Å². The van der Waals surface area contributed by atoms with Crippen molar-refractivity contribution in [2.45, 2.75) is 18.9 Å². The molecule has 1 aromatic rings. The number of benzene rings is 1. The summed E-state index contributed by atoms with van der Waals surface area (Å²) < 4.78 is 10.2. The van der Waals surface area contributed by atoms with Crippen molar-refractivity contribution in [2.24, 2.45) is 11.7 Å². The van der Waals surface area contributed by atoms with Gasteiger partial charge in [-0.05, 0) is 36.5 Å². The van der Waals surface area contributed by atoms with Gasteiger partial charge in [-0.1, -0.05) is 0 Å². The fourth-order valence-electron chi connectivity index (χ4n) is 1.83. The predicted molar refractivity (Wildman–Crippen MR) is 60.9 cm³/mol. The Labute approximate surface area is 95.0 Å². The Bertz CT molecular complexity index is 363. The maximum atomic E-state index is 9.76. The molecule has 1 fully saturated rings. The smallest absolute Gasteiger partial charge is 0.200 e. The Morgan fingerprint density at radius 2 is 1.75 bits per heavy atom. The van der Waals surface area contributed by atoms with E-state index in [-0.39, 0.29) is 11.8 Å². The summed E-state index contributed by atoms with van der Waals surface area (Å²) in [4.78, 5) is 0. The maximum Gasteiger partial charge on any atom is 0.200 e. The van der Waals surface area contributed by atoms with Crippen LogP contribution in [-0.2, 0) is 0 Å². The molecule has 4 nitrogen and oxygen atoms in total. The van der Waals surface area contributed by atoms with Crippen LogP contribution in [0.4, 0.5) is 0 Å². The molecule has 0 amide bonds. The molecule has 2 rings (SSSR count). The Balaban J connectivity index is 2.37. The number of ether oxygens (including phenoxy) is 2. The summed E-state index contributed by atoms with van der Waals surface area (Å²) in [7, 11) is 3.03. The van der Waals surface area contributed by atoms with E-state index in [0.717, 1.165) is 5.56 Å². The van der Waals surface area contributed by atoms with Crippen LogP contribution in [0.2, 0.25) is 0 Å². The van der Waals surface area contributed by atoms with E-state index < -0.39 is 0 Å². The zero-order chi connectivity index (χ0) is 11.7. The van der Waals surface area contributed by atoms with E-state index in [4.69, 9.17) is 15.2 Å². The molecule has 0 unspecified atom stereocenters. The SMILES string of the molecule is COc1cc([C@H](N)C2CC2)cc(OC)c1O. The third kappa shape index (κ3) is 1.93. The molecule has 1 aromatic carbocycles. The molecular formula is C12H17NO3. The molecule has 88 valence electrons. The lowest BCUT2D eigenvalue weighted by Crippen LogP contribution is -2.12. The van der Waals surface area contributed by atoms with Crippen molar-refractivity contribution in [2.75, 3.05) is 14.2 Å².